The molecule has 0 unspecified atom stereocenters. The number of aromatic nitrogens is 5. The molecule has 3 aromatic carbocycles. The van der Waals surface area contributed by atoms with E-state index in [4.69, 9.17) is 14.7 Å². The number of fused-ring (bicyclic) bond motifs is 2. The smallest absolute Gasteiger partial charge is 0.323 e. The van der Waals surface area contributed by atoms with Crippen LogP contribution in [0.1, 0.15) is 0 Å². The third kappa shape index (κ3) is 3.97. The Hall–Kier alpha value is -4.98. The molecule has 6 rings (SSSR count). The van der Waals surface area contributed by atoms with Gasteiger partial charge in [-0.25, -0.2) is 14.8 Å². The number of rotatable bonds is 5. The Labute approximate surface area is 199 Å². The second kappa shape index (κ2) is 8.42. The van der Waals surface area contributed by atoms with E-state index in [1.807, 2.05) is 66.7 Å². The van der Waals surface area contributed by atoms with Crippen molar-refractivity contribution < 1.29 is 4.74 Å². The average Bonchev–Trinajstić information content (AvgIpc) is 3.28. The number of hydrogen-bond acceptors (Lipinski definition) is 6. The number of anilines is 2. The van der Waals surface area contributed by atoms with Crippen molar-refractivity contribution in [3.05, 3.63) is 95.7 Å². The Morgan fingerprint density at radius 3 is 2.54 bits per heavy atom. The van der Waals surface area contributed by atoms with Crippen molar-refractivity contribution in [3.8, 4) is 28.3 Å². The highest BCUT2D eigenvalue weighted by atomic mass is 16.5. The largest absolute Gasteiger partial charge is 0.497 e. The zero-order valence-corrected chi connectivity index (χ0v) is 18.7. The highest BCUT2D eigenvalue weighted by Gasteiger charge is 2.13. The van der Waals surface area contributed by atoms with Crippen LogP contribution >= 0.6 is 0 Å². The zero-order valence-electron chi connectivity index (χ0n) is 18.7. The molecule has 3 N–H and O–H groups in total. The summed E-state index contributed by atoms with van der Waals surface area (Å²) < 4.78 is 5.40. The lowest BCUT2D eigenvalue weighted by molar-refractivity contribution is 0.415. The lowest BCUT2D eigenvalue weighted by Crippen LogP contribution is -2.00. The van der Waals surface area contributed by atoms with Crippen molar-refractivity contribution in [1.82, 2.24) is 24.9 Å². The first-order valence-corrected chi connectivity index (χ1v) is 11.0. The van der Waals surface area contributed by atoms with Gasteiger partial charge in [-0.2, -0.15) is 0 Å². The summed E-state index contributed by atoms with van der Waals surface area (Å²) in [6.45, 7) is 0. The Kier molecular flexibility index (Phi) is 4.96. The van der Waals surface area contributed by atoms with Gasteiger partial charge in [0.1, 0.15) is 11.6 Å². The van der Waals surface area contributed by atoms with Crippen molar-refractivity contribution in [3.63, 3.8) is 0 Å². The summed E-state index contributed by atoms with van der Waals surface area (Å²) in [5, 5.41) is 4.29. The van der Waals surface area contributed by atoms with Gasteiger partial charge in [-0.3, -0.25) is 4.98 Å². The third-order valence-corrected chi connectivity index (χ3v) is 5.80. The molecule has 6 aromatic rings. The molecule has 0 bridgehead atoms. The Morgan fingerprint density at radius 2 is 1.69 bits per heavy atom. The second-order valence-electron chi connectivity index (χ2n) is 8.07. The predicted molar refractivity (Wildman–Crippen MR) is 137 cm³/mol. The maximum absolute atomic E-state index is 11.7. The average molecular weight is 460 g/mol. The number of pyridine rings is 1. The Balaban J connectivity index is 1.51. The maximum Gasteiger partial charge on any atom is 0.323 e. The van der Waals surface area contributed by atoms with Gasteiger partial charge < -0.3 is 20.0 Å². The minimum absolute atomic E-state index is 0.244. The first kappa shape index (κ1) is 20.6. The lowest BCUT2D eigenvalue weighted by atomic mass is 10.0. The van der Waals surface area contributed by atoms with Crippen LogP contribution in [0.5, 0.6) is 5.75 Å². The summed E-state index contributed by atoms with van der Waals surface area (Å²) in [6, 6.07) is 23.4. The summed E-state index contributed by atoms with van der Waals surface area (Å²) in [5.41, 5.74) is 5.65. The first-order valence-electron chi connectivity index (χ1n) is 11.0. The lowest BCUT2D eigenvalue weighted by Gasteiger charge is -2.13. The summed E-state index contributed by atoms with van der Waals surface area (Å²) in [5.74, 6) is 2.01. The molecule has 8 nitrogen and oxygen atoms in total. The van der Waals surface area contributed by atoms with E-state index >= 15 is 0 Å². The van der Waals surface area contributed by atoms with Gasteiger partial charge in [-0.05, 0) is 65.7 Å². The van der Waals surface area contributed by atoms with Crippen LogP contribution in [0.25, 0.3) is 44.5 Å². The van der Waals surface area contributed by atoms with E-state index in [-0.39, 0.29) is 5.69 Å². The van der Waals surface area contributed by atoms with Crippen LogP contribution in [-0.2, 0) is 0 Å². The first-order chi connectivity index (χ1) is 17.2. The predicted octanol–water partition coefficient (Wildman–Crippen LogP) is 5.28. The van der Waals surface area contributed by atoms with Crippen LogP contribution in [0.2, 0.25) is 0 Å². The number of nitrogens with one attached hydrogen (secondary N) is 3. The molecule has 0 saturated carbocycles. The van der Waals surface area contributed by atoms with Crippen molar-refractivity contribution in [2.75, 3.05) is 12.4 Å². The van der Waals surface area contributed by atoms with Gasteiger partial charge >= 0.3 is 5.69 Å². The fourth-order valence-corrected chi connectivity index (χ4v) is 4.08. The maximum atomic E-state index is 11.7. The summed E-state index contributed by atoms with van der Waals surface area (Å²) in [7, 11) is 1.66. The van der Waals surface area contributed by atoms with Crippen molar-refractivity contribution in [2.45, 2.75) is 0 Å². The SMILES string of the molecule is COc1cccc(-c2ccc3nc(-c4cccnc4)nc(Nc4ccc5[nH]c(=O)[nH]c5c4)c3c2)c1. The summed E-state index contributed by atoms with van der Waals surface area (Å²) in [6.07, 6.45) is 3.46. The number of nitrogens with zero attached hydrogens (tertiary/aromatic N) is 3. The third-order valence-electron chi connectivity index (χ3n) is 5.80. The molecule has 0 fully saturated rings. The van der Waals surface area contributed by atoms with E-state index in [0.29, 0.717) is 17.2 Å². The van der Waals surface area contributed by atoms with Crippen LogP contribution in [0.3, 0.4) is 0 Å². The standard InChI is InChI=1S/C27H20N6O2/c1-35-20-6-2-4-16(12-20)17-7-9-22-21(13-17)26(33-25(30-22)18-5-3-11-28-15-18)29-19-8-10-23-24(14-19)32-27(34)31-23/h2-15H,1H3,(H,29,30,33)(H2,31,32,34). The van der Waals surface area contributed by atoms with Crippen molar-refractivity contribution >= 4 is 33.4 Å². The quantitative estimate of drug-likeness (QED) is 0.323. The number of benzene rings is 3. The van der Waals surface area contributed by atoms with Gasteiger partial charge in [-0.1, -0.05) is 18.2 Å². The number of H-pyrrole nitrogens is 2. The van der Waals surface area contributed by atoms with E-state index in [0.717, 1.165) is 44.5 Å². The zero-order chi connectivity index (χ0) is 23.8. The molecule has 0 aliphatic carbocycles. The number of methoxy groups -OCH3 is 1. The minimum atomic E-state index is -0.244. The summed E-state index contributed by atoms with van der Waals surface area (Å²) in [4.78, 5) is 31.1. The number of aromatic amines is 2. The van der Waals surface area contributed by atoms with Gasteiger partial charge in [0, 0.05) is 29.0 Å². The Bertz CT molecular complexity index is 1740. The molecule has 8 heteroatoms. The van der Waals surface area contributed by atoms with Crippen LogP contribution < -0.4 is 15.7 Å². The van der Waals surface area contributed by atoms with E-state index in [9.17, 15) is 4.79 Å². The van der Waals surface area contributed by atoms with Gasteiger partial charge in [0.15, 0.2) is 5.82 Å². The fourth-order valence-electron chi connectivity index (χ4n) is 4.08. The van der Waals surface area contributed by atoms with E-state index in [2.05, 4.69) is 26.3 Å². The molecule has 35 heavy (non-hydrogen) atoms. The molecule has 0 radical (unpaired) electrons. The van der Waals surface area contributed by atoms with E-state index < -0.39 is 0 Å². The molecule has 3 heterocycles. The minimum Gasteiger partial charge on any atom is -0.497 e. The van der Waals surface area contributed by atoms with E-state index in [1.54, 1.807) is 19.5 Å². The molecule has 0 amide bonds. The molecular weight excluding hydrogens is 440 g/mol. The van der Waals surface area contributed by atoms with Gasteiger partial charge in [0.2, 0.25) is 0 Å². The van der Waals surface area contributed by atoms with E-state index in [1.165, 1.54) is 0 Å². The van der Waals surface area contributed by atoms with Crippen molar-refractivity contribution in [1.29, 1.82) is 0 Å². The topological polar surface area (TPSA) is 109 Å². The Morgan fingerprint density at radius 1 is 0.829 bits per heavy atom. The highest BCUT2D eigenvalue weighted by Crippen LogP contribution is 2.32. The van der Waals surface area contributed by atoms with Crippen LogP contribution in [0.15, 0.2) is 90.0 Å². The number of hydrogen-bond donors (Lipinski definition) is 3. The number of imidazole rings is 1. The normalized spacial score (nSPS) is 11.1. The van der Waals surface area contributed by atoms with Crippen LogP contribution in [0, 0.1) is 0 Å². The summed E-state index contributed by atoms with van der Waals surface area (Å²) >= 11 is 0. The van der Waals surface area contributed by atoms with Crippen molar-refractivity contribution in [2.24, 2.45) is 0 Å². The fraction of sp³-hybridized carbons (Fsp3) is 0.0370. The second-order valence-corrected chi connectivity index (χ2v) is 8.07. The molecule has 3 aromatic heterocycles. The molecule has 0 aliphatic heterocycles. The van der Waals surface area contributed by atoms with Gasteiger partial charge in [0.05, 0.1) is 23.7 Å². The molecule has 0 aliphatic rings. The van der Waals surface area contributed by atoms with Crippen LogP contribution in [-0.4, -0.2) is 32.0 Å². The van der Waals surface area contributed by atoms with Gasteiger partial charge in [0.25, 0.3) is 0 Å². The monoisotopic (exact) mass is 460 g/mol. The molecule has 0 atom stereocenters. The number of ether oxygens (including phenoxy) is 1. The molecular formula is C27H20N6O2. The highest BCUT2D eigenvalue weighted by molar-refractivity contribution is 5.96. The molecule has 0 spiro atoms. The van der Waals surface area contributed by atoms with Crippen LogP contribution in [0.4, 0.5) is 11.5 Å². The molecule has 170 valence electrons. The van der Waals surface area contributed by atoms with Gasteiger partial charge in [-0.15, -0.1) is 0 Å². The molecule has 0 saturated heterocycles.